The summed E-state index contributed by atoms with van der Waals surface area (Å²) in [5, 5.41) is 9.00. The van der Waals surface area contributed by atoms with E-state index in [0.29, 0.717) is 6.54 Å². The van der Waals surface area contributed by atoms with Crippen molar-refractivity contribution in [2.45, 2.75) is 39.7 Å². The SMILES string of the molecule is CCCCN(CCO)C(C)C(C)C(=O)NN. The van der Waals surface area contributed by atoms with Crippen molar-refractivity contribution in [3.05, 3.63) is 0 Å². The molecule has 0 radical (unpaired) electrons. The van der Waals surface area contributed by atoms with Crippen LogP contribution in [0, 0.1) is 5.92 Å². The number of nitrogens with one attached hydrogen (secondary N) is 1. The predicted octanol–water partition coefficient (Wildman–Crippen LogP) is 0.0953. The molecule has 2 unspecified atom stereocenters. The highest BCUT2D eigenvalue weighted by atomic mass is 16.3. The first-order chi connectivity index (χ1) is 7.58. The van der Waals surface area contributed by atoms with Crippen molar-refractivity contribution in [2.24, 2.45) is 11.8 Å². The number of carbonyl (C=O) groups excluding carboxylic acids is 1. The van der Waals surface area contributed by atoms with Crippen LogP contribution in [0.3, 0.4) is 0 Å². The van der Waals surface area contributed by atoms with Gasteiger partial charge in [-0.05, 0) is 19.9 Å². The summed E-state index contributed by atoms with van der Waals surface area (Å²) in [4.78, 5) is 13.5. The molecule has 0 saturated carbocycles. The number of unbranched alkanes of at least 4 members (excludes halogenated alkanes) is 1. The van der Waals surface area contributed by atoms with Crippen LogP contribution in [0.25, 0.3) is 0 Å². The average Bonchev–Trinajstić information content (AvgIpc) is 2.31. The van der Waals surface area contributed by atoms with Gasteiger partial charge in [-0.1, -0.05) is 20.3 Å². The van der Waals surface area contributed by atoms with Crippen LogP contribution in [-0.4, -0.2) is 41.7 Å². The Hall–Kier alpha value is -0.650. The first kappa shape index (κ1) is 15.3. The first-order valence-corrected chi connectivity index (χ1v) is 5.93. The van der Waals surface area contributed by atoms with Gasteiger partial charge in [0, 0.05) is 12.6 Å². The van der Waals surface area contributed by atoms with Crippen LogP contribution >= 0.6 is 0 Å². The van der Waals surface area contributed by atoms with Crippen LogP contribution in [0.4, 0.5) is 0 Å². The first-order valence-electron chi connectivity index (χ1n) is 5.93. The van der Waals surface area contributed by atoms with Gasteiger partial charge in [0.15, 0.2) is 0 Å². The van der Waals surface area contributed by atoms with Gasteiger partial charge in [0.2, 0.25) is 5.91 Å². The minimum atomic E-state index is -0.173. The van der Waals surface area contributed by atoms with Crippen molar-refractivity contribution >= 4 is 5.91 Å². The van der Waals surface area contributed by atoms with E-state index in [2.05, 4.69) is 17.2 Å². The summed E-state index contributed by atoms with van der Waals surface area (Å²) in [7, 11) is 0. The van der Waals surface area contributed by atoms with Gasteiger partial charge in [-0.2, -0.15) is 0 Å². The number of rotatable bonds is 8. The normalized spacial score (nSPS) is 14.9. The number of nitrogens with zero attached hydrogens (tertiary/aromatic N) is 1. The zero-order chi connectivity index (χ0) is 12.6. The maximum Gasteiger partial charge on any atom is 0.238 e. The molecule has 0 bridgehead atoms. The molecular weight excluding hydrogens is 206 g/mol. The highest BCUT2D eigenvalue weighted by Crippen LogP contribution is 2.11. The van der Waals surface area contributed by atoms with E-state index in [1.165, 1.54) is 0 Å². The molecule has 96 valence electrons. The molecule has 5 heteroatoms. The predicted molar refractivity (Wildman–Crippen MR) is 64.5 cm³/mol. The second-order valence-corrected chi connectivity index (χ2v) is 4.15. The van der Waals surface area contributed by atoms with Crippen molar-refractivity contribution < 1.29 is 9.90 Å². The van der Waals surface area contributed by atoms with Gasteiger partial charge in [0.25, 0.3) is 0 Å². The Kier molecular flexibility index (Phi) is 8.15. The number of nitrogens with two attached hydrogens (primary N) is 1. The lowest BCUT2D eigenvalue weighted by Crippen LogP contribution is -2.47. The van der Waals surface area contributed by atoms with Gasteiger partial charge < -0.3 is 5.11 Å². The van der Waals surface area contributed by atoms with Crippen molar-refractivity contribution in [2.75, 3.05) is 19.7 Å². The quantitative estimate of drug-likeness (QED) is 0.314. The Morgan fingerprint density at radius 1 is 1.44 bits per heavy atom. The molecule has 0 rings (SSSR count). The molecule has 5 nitrogen and oxygen atoms in total. The van der Waals surface area contributed by atoms with Crippen LogP contribution in [-0.2, 0) is 4.79 Å². The third-order valence-electron chi connectivity index (χ3n) is 3.04. The third kappa shape index (κ3) is 4.92. The summed E-state index contributed by atoms with van der Waals surface area (Å²) < 4.78 is 0. The summed E-state index contributed by atoms with van der Waals surface area (Å²) in [6.45, 7) is 7.58. The molecule has 4 N–H and O–H groups in total. The highest BCUT2D eigenvalue weighted by Gasteiger charge is 2.24. The van der Waals surface area contributed by atoms with E-state index in [1.54, 1.807) is 0 Å². The van der Waals surface area contributed by atoms with E-state index in [4.69, 9.17) is 10.9 Å². The smallest absolute Gasteiger partial charge is 0.238 e. The van der Waals surface area contributed by atoms with Crippen LogP contribution in [0.2, 0.25) is 0 Å². The molecule has 0 aliphatic heterocycles. The zero-order valence-corrected chi connectivity index (χ0v) is 10.6. The van der Waals surface area contributed by atoms with Gasteiger partial charge in [-0.25, -0.2) is 5.84 Å². The van der Waals surface area contributed by atoms with Crippen molar-refractivity contribution in [1.82, 2.24) is 10.3 Å². The number of carbonyl (C=O) groups is 1. The Balaban J connectivity index is 4.33. The lowest BCUT2D eigenvalue weighted by Gasteiger charge is -2.31. The van der Waals surface area contributed by atoms with Gasteiger partial charge >= 0.3 is 0 Å². The minimum Gasteiger partial charge on any atom is -0.395 e. The monoisotopic (exact) mass is 231 g/mol. The summed E-state index contributed by atoms with van der Waals surface area (Å²) in [5.41, 5.74) is 2.17. The molecule has 0 aromatic carbocycles. The summed E-state index contributed by atoms with van der Waals surface area (Å²) >= 11 is 0. The van der Waals surface area contributed by atoms with Crippen molar-refractivity contribution in [3.63, 3.8) is 0 Å². The molecule has 0 aromatic heterocycles. The van der Waals surface area contributed by atoms with Gasteiger partial charge in [-0.15, -0.1) is 0 Å². The Bertz CT molecular complexity index is 200. The molecule has 0 aliphatic rings. The van der Waals surface area contributed by atoms with Crippen LogP contribution in [0.1, 0.15) is 33.6 Å². The number of hydrogen-bond donors (Lipinski definition) is 3. The molecule has 0 fully saturated rings. The second-order valence-electron chi connectivity index (χ2n) is 4.15. The van der Waals surface area contributed by atoms with Gasteiger partial charge in [-0.3, -0.25) is 15.1 Å². The van der Waals surface area contributed by atoms with Gasteiger partial charge in [0.1, 0.15) is 0 Å². The fourth-order valence-corrected chi connectivity index (χ4v) is 1.68. The second kappa shape index (κ2) is 8.50. The minimum absolute atomic E-state index is 0.0854. The Morgan fingerprint density at radius 2 is 2.06 bits per heavy atom. The summed E-state index contributed by atoms with van der Waals surface area (Å²) in [6.07, 6.45) is 2.17. The lowest BCUT2D eigenvalue weighted by molar-refractivity contribution is -0.126. The largest absolute Gasteiger partial charge is 0.395 e. The lowest BCUT2D eigenvalue weighted by atomic mass is 10.0. The number of aliphatic hydroxyl groups excluding tert-OH is 1. The Labute approximate surface area is 98.0 Å². The average molecular weight is 231 g/mol. The van der Waals surface area contributed by atoms with Crippen LogP contribution in [0.5, 0.6) is 0 Å². The van der Waals surface area contributed by atoms with Crippen molar-refractivity contribution in [1.29, 1.82) is 0 Å². The summed E-state index contributed by atoms with van der Waals surface area (Å²) in [5.74, 6) is 4.78. The number of amides is 1. The van der Waals surface area contributed by atoms with E-state index in [-0.39, 0.29) is 24.5 Å². The van der Waals surface area contributed by atoms with Crippen LogP contribution < -0.4 is 11.3 Å². The molecule has 1 amide bonds. The molecule has 0 spiro atoms. The summed E-state index contributed by atoms with van der Waals surface area (Å²) in [6, 6.07) is 0.0854. The van der Waals surface area contributed by atoms with E-state index >= 15 is 0 Å². The van der Waals surface area contributed by atoms with E-state index in [0.717, 1.165) is 19.4 Å². The van der Waals surface area contributed by atoms with Gasteiger partial charge in [0.05, 0.1) is 12.5 Å². The highest BCUT2D eigenvalue weighted by molar-refractivity contribution is 5.78. The van der Waals surface area contributed by atoms with E-state index in [1.807, 2.05) is 13.8 Å². The van der Waals surface area contributed by atoms with E-state index in [9.17, 15) is 4.79 Å². The zero-order valence-electron chi connectivity index (χ0n) is 10.6. The molecule has 2 atom stereocenters. The molecule has 16 heavy (non-hydrogen) atoms. The standard InChI is InChI=1S/C11H25N3O2/c1-4-5-6-14(7-8-15)10(3)9(2)11(16)13-12/h9-10,15H,4-8,12H2,1-3H3,(H,13,16). The molecular formula is C11H25N3O2. The maximum atomic E-state index is 11.4. The number of aliphatic hydroxyl groups is 1. The number of hydrogen-bond acceptors (Lipinski definition) is 4. The fraction of sp³-hybridized carbons (Fsp3) is 0.909. The van der Waals surface area contributed by atoms with Crippen molar-refractivity contribution in [3.8, 4) is 0 Å². The topological polar surface area (TPSA) is 78.6 Å². The fourth-order valence-electron chi connectivity index (χ4n) is 1.68. The molecule has 0 aromatic rings. The maximum absolute atomic E-state index is 11.4. The van der Waals surface area contributed by atoms with E-state index < -0.39 is 0 Å². The molecule has 0 saturated heterocycles. The number of hydrazine groups is 1. The molecule has 0 heterocycles. The Morgan fingerprint density at radius 3 is 2.50 bits per heavy atom. The third-order valence-corrected chi connectivity index (χ3v) is 3.04. The van der Waals surface area contributed by atoms with Crippen LogP contribution in [0.15, 0.2) is 0 Å². The molecule has 0 aliphatic carbocycles.